The molecule has 0 bridgehead atoms. The van der Waals surface area contributed by atoms with E-state index in [4.69, 9.17) is 9.47 Å². The molecule has 0 aromatic heterocycles. The molecule has 186 valence electrons. The van der Waals surface area contributed by atoms with Gasteiger partial charge in [0, 0.05) is 0 Å². The number of carbonyl (C=O) groups is 1. The Labute approximate surface area is 209 Å². The molecule has 0 saturated heterocycles. The number of para-hydroxylation sites is 1. The maximum absolute atomic E-state index is 13.5. The molecule has 4 heteroatoms. The Kier molecular flexibility index (Phi) is 10.3. The topological polar surface area (TPSA) is 35.5 Å². The predicted molar refractivity (Wildman–Crippen MR) is 141 cm³/mol. The average molecular weight is 477 g/mol. The summed E-state index contributed by atoms with van der Waals surface area (Å²) in [6, 6.07) is 22.8. The van der Waals surface area contributed by atoms with Crippen LogP contribution in [0.25, 0.3) is 11.1 Å². The zero-order valence-corrected chi connectivity index (χ0v) is 21.1. The molecule has 0 spiro atoms. The molecule has 0 heterocycles. The minimum Gasteiger partial charge on any atom is -0.494 e. The summed E-state index contributed by atoms with van der Waals surface area (Å²) in [5, 5.41) is 0. The first-order chi connectivity index (χ1) is 17.0. The molecular weight excluding hydrogens is 439 g/mol. The molecule has 3 aromatic carbocycles. The van der Waals surface area contributed by atoms with E-state index in [1.165, 1.54) is 25.7 Å². The van der Waals surface area contributed by atoms with Gasteiger partial charge in [-0.1, -0.05) is 82.0 Å². The van der Waals surface area contributed by atoms with Gasteiger partial charge in [-0.15, -0.1) is 0 Å². The zero-order chi connectivity index (χ0) is 25.0. The summed E-state index contributed by atoms with van der Waals surface area (Å²) >= 11 is 0. The molecular formula is C31H37FO3. The zero-order valence-electron chi connectivity index (χ0n) is 21.1. The van der Waals surface area contributed by atoms with Crippen LogP contribution in [-0.2, 0) is 0 Å². The third kappa shape index (κ3) is 8.24. The first-order valence-electron chi connectivity index (χ1n) is 12.8. The summed E-state index contributed by atoms with van der Waals surface area (Å²) in [5.74, 6) is 0.886. The van der Waals surface area contributed by atoms with Crippen LogP contribution in [-0.4, -0.2) is 18.7 Å². The number of rotatable bonds is 13. The SMILES string of the molecule is CCCCCCCOc1ccc(-c2ccc(C(=O)Oc3ccccc3C(C)CC(C)F)cc2)cc1. The number of ether oxygens (including phenoxy) is 2. The molecule has 3 aromatic rings. The van der Waals surface area contributed by atoms with Crippen LogP contribution in [0.1, 0.15) is 81.1 Å². The lowest BCUT2D eigenvalue weighted by molar-refractivity contribution is 0.0732. The van der Waals surface area contributed by atoms with E-state index >= 15 is 0 Å². The van der Waals surface area contributed by atoms with Crippen molar-refractivity contribution >= 4 is 5.97 Å². The van der Waals surface area contributed by atoms with Crippen LogP contribution in [0.15, 0.2) is 72.8 Å². The van der Waals surface area contributed by atoms with Gasteiger partial charge in [-0.25, -0.2) is 9.18 Å². The molecule has 0 amide bonds. The second-order valence-corrected chi connectivity index (χ2v) is 9.21. The van der Waals surface area contributed by atoms with Crippen molar-refractivity contribution in [3.8, 4) is 22.6 Å². The third-order valence-electron chi connectivity index (χ3n) is 6.16. The Bertz CT molecular complexity index is 1040. The second kappa shape index (κ2) is 13.7. The van der Waals surface area contributed by atoms with Crippen molar-refractivity contribution in [3.63, 3.8) is 0 Å². The third-order valence-corrected chi connectivity index (χ3v) is 6.16. The van der Waals surface area contributed by atoms with Gasteiger partial charge in [-0.05, 0) is 72.7 Å². The van der Waals surface area contributed by atoms with Gasteiger partial charge < -0.3 is 9.47 Å². The minimum atomic E-state index is -0.919. The summed E-state index contributed by atoms with van der Waals surface area (Å²) in [4.78, 5) is 12.8. The summed E-state index contributed by atoms with van der Waals surface area (Å²) in [6.45, 7) is 6.45. The molecule has 2 unspecified atom stereocenters. The van der Waals surface area contributed by atoms with E-state index in [0.717, 1.165) is 35.5 Å². The fourth-order valence-electron chi connectivity index (χ4n) is 4.19. The Balaban J connectivity index is 1.58. The highest BCUT2D eigenvalue weighted by molar-refractivity contribution is 5.91. The van der Waals surface area contributed by atoms with Gasteiger partial charge in [0.05, 0.1) is 18.3 Å². The highest BCUT2D eigenvalue weighted by atomic mass is 19.1. The maximum atomic E-state index is 13.5. The molecule has 3 rings (SSSR count). The number of alkyl halides is 1. The molecule has 35 heavy (non-hydrogen) atoms. The summed E-state index contributed by atoms with van der Waals surface area (Å²) in [5.41, 5.74) is 3.38. The number of benzene rings is 3. The van der Waals surface area contributed by atoms with E-state index in [1.807, 2.05) is 61.5 Å². The Morgan fingerprint density at radius 3 is 2.11 bits per heavy atom. The molecule has 0 aliphatic carbocycles. The number of hydrogen-bond donors (Lipinski definition) is 0. The monoisotopic (exact) mass is 476 g/mol. The highest BCUT2D eigenvalue weighted by Gasteiger charge is 2.17. The van der Waals surface area contributed by atoms with Crippen LogP contribution in [0.4, 0.5) is 4.39 Å². The van der Waals surface area contributed by atoms with Crippen LogP contribution < -0.4 is 9.47 Å². The number of hydrogen-bond acceptors (Lipinski definition) is 3. The quantitative estimate of drug-likeness (QED) is 0.140. The summed E-state index contributed by atoms with van der Waals surface area (Å²) < 4.78 is 25.0. The lowest BCUT2D eigenvalue weighted by atomic mass is 9.95. The van der Waals surface area contributed by atoms with Crippen molar-refractivity contribution in [2.45, 2.75) is 71.4 Å². The average Bonchev–Trinajstić information content (AvgIpc) is 2.86. The van der Waals surface area contributed by atoms with Gasteiger partial charge in [0.15, 0.2) is 0 Å². The van der Waals surface area contributed by atoms with E-state index < -0.39 is 12.1 Å². The maximum Gasteiger partial charge on any atom is 0.343 e. The molecule has 2 atom stereocenters. The Morgan fingerprint density at radius 1 is 0.829 bits per heavy atom. The van der Waals surface area contributed by atoms with Gasteiger partial charge in [-0.2, -0.15) is 0 Å². The standard InChI is InChI=1S/C31H37FO3/c1-4-5-6-7-10-21-34-28-19-17-26(18-20-28)25-13-15-27(16-14-25)31(33)35-30-12-9-8-11-29(30)23(2)22-24(3)32/h8-9,11-20,23-24H,4-7,10,21-22H2,1-3H3. The molecule has 0 aliphatic heterocycles. The van der Waals surface area contributed by atoms with Gasteiger partial charge in [-0.3, -0.25) is 0 Å². The summed E-state index contributed by atoms with van der Waals surface area (Å²) in [6.07, 6.45) is 5.56. The predicted octanol–water partition coefficient (Wildman–Crippen LogP) is 8.77. The van der Waals surface area contributed by atoms with Crippen LogP contribution in [0.2, 0.25) is 0 Å². The van der Waals surface area contributed by atoms with Crippen LogP contribution in [0, 0.1) is 0 Å². The molecule has 0 saturated carbocycles. The lowest BCUT2D eigenvalue weighted by Crippen LogP contribution is -2.11. The largest absolute Gasteiger partial charge is 0.494 e. The van der Waals surface area contributed by atoms with E-state index in [1.54, 1.807) is 25.1 Å². The smallest absolute Gasteiger partial charge is 0.343 e. The number of carbonyl (C=O) groups excluding carboxylic acids is 1. The second-order valence-electron chi connectivity index (χ2n) is 9.21. The summed E-state index contributed by atoms with van der Waals surface area (Å²) in [7, 11) is 0. The van der Waals surface area contributed by atoms with Gasteiger partial charge in [0.2, 0.25) is 0 Å². The van der Waals surface area contributed by atoms with Crippen molar-refractivity contribution in [3.05, 3.63) is 83.9 Å². The van der Waals surface area contributed by atoms with Crippen molar-refractivity contribution < 1.29 is 18.7 Å². The Morgan fingerprint density at radius 2 is 1.46 bits per heavy atom. The molecule has 0 aliphatic rings. The van der Waals surface area contributed by atoms with Crippen molar-refractivity contribution in [2.24, 2.45) is 0 Å². The Hall–Kier alpha value is -3.14. The van der Waals surface area contributed by atoms with Gasteiger partial charge >= 0.3 is 5.97 Å². The van der Waals surface area contributed by atoms with E-state index in [0.29, 0.717) is 17.7 Å². The first kappa shape index (κ1) is 26.5. The highest BCUT2D eigenvalue weighted by Crippen LogP contribution is 2.31. The van der Waals surface area contributed by atoms with E-state index in [-0.39, 0.29) is 5.92 Å². The fourth-order valence-corrected chi connectivity index (χ4v) is 4.19. The minimum absolute atomic E-state index is 0.0469. The van der Waals surface area contributed by atoms with E-state index in [2.05, 4.69) is 6.92 Å². The molecule has 0 fully saturated rings. The van der Waals surface area contributed by atoms with E-state index in [9.17, 15) is 9.18 Å². The number of unbranched alkanes of at least 4 members (excludes halogenated alkanes) is 4. The van der Waals surface area contributed by atoms with Gasteiger partial charge in [0.1, 0.15) is 11.5 Å². The molecule has 0 radical (unpaired) electrons. The van der Waals surface area contributed by atoms with Crippen LogP contribution in [0.3, 0.4) is 0 Å². The van der Waals surface area contributed by atoms with Crippen molar-refractivity contribution in [1.82, 2.24) is 0 Å². The molecule has 3 nitrogen and oxygen atoms in total. The first-order valence-corrected chi connectivity index (χ1v) is 12.8. The fraction of sp³-hybridized carbons (Fsp3) is 0.387. The lowest BCUT2D eigenvalue weighted by Gasteiger charge is -2.16. The van der Waals surface area contributed by atoms with Crippen molar-refractivity contribution in [2.75, 3.05) is 6.61 Å². The van der Waals surface area contributed by atoms with Gasteiger partial charge in [0.25, 0.3) is 0 Å². The number of esters is 1. The normalized spacial score (nSPS) is 12.7. The van der Waals surface area contributed by atoms with Crippen LogP contribution in [0.5, 0.6) is 11.5 Å². The van der Waals surface area contributed by atoms with Crippen molar-refractivity contribution in [1.29, 1.82) is 0 Å². The number of halogens is 1. The van der Waals surface area contributed by atoms with Crippen LogP contribution >= 0.6 is 0 Å². The molecule has 0 N–H and O–H groups in total.